The van der Waals surface area contributed by atoms with Gasteiger partial charge in [-0.15, -0.1) is 0 Å². The van der Waals surface area contributed by atoms with E-state index >= 15 is 0 Å². The maximum atomic E-state index is 11.2. The number of unbranched alkanes of at least 4 members (excludes halogenated alkanes) is 2. The summed E-state index contributed by atoms with van der Waals surface area (Å²) < 4.78 is 0. The SMILES string of the molecule is CNC(=O)CCCCCc1ccc(-c2ccc(CCN(C)C)cc2)cc1. The van der Waals surface area contributed by atoms with Crippen molar-refractivity contribution in [2.75, 3.05) is 27.7 Å². The molecule has 0 atom stereocenters. The number of benzene rings is 2. The van der Waals surface area contributed by atoms with Gasteiger partial charge in [0.25, 0.3) is 0 Å². The van der Waals surface area contributed by atoms with Crippen LogP contribution in [0, 0.1) is 0 Å². The summed E-state index contributed by atoms with van der Waals surface area (Å²) in [5, 5.41) is 2.67. The average molecular weight is 353 g/mol. The van der Waals surface area contributed by atoms with E-state index in [0.717, 1.165) is 38.6 Å². The van der Waals surface area contributed by atoms with Gasteiger partial charge in [-0.25, -0.2) is 0 Å². The van der Waals surface area contributed by atoms with Gasteiger partial charge in [0.15, 0.2) is 0 Å². The van der Waals surface area contributed by atoms with E-state index in [1.54, 1.807) is 7.05 Å². The van der Waals surface area contributed by atoms with Crippen LogP contribution in [-0.4, -0.2) is 38.5 Å². The number of nitrogens with zero attached hydrogens (tertiary/aromatic N) is 1. The molecular weight excluding hydrogens is 320 g/mol. The lowest BCUT2D eigenvalue weighted by molar-refractivity contribution is -0.120. The van der Waals surface area contributed by atoms with Crippen LogP contribution in [0.25, 0.3) is 11.1 Å². The van der Waals surface area contributed by atoms with Crippen molar-refractivity contribution in [2.45, 2.75) is 38.5 Å². The lowest BCUT2D eigenvalue weighted by atomic mass is 9.99. The van der Waals surface area contributed by atoms with Crippen LogP contribution >= 0.6 is 0 Å². The number of hydrogen-bond acceptors (Lipinski definition) is 2. The molecule has 140 valence electrons. The first-order chi connectivity index (χ1) is 12.6. The van der Waals surface area contributed by atoms with E-state index < -0.39 is 0 Å². The second-order valence-corrected chi connectivity index (χ2v) is 7.18. The minimum Gasteiger partial charge on any atom is -0.359 e. The number of aryl methyl sites for hydroxylation is 1. The van der Waals surface area contributed by atoms with Crippen molar-refractivity contribution in [1.82, 2.24) is 10.2 Å². The molecule has 0 bridgehead atoms. The Morgan fingerprint density at radius 3 is 1.85 bits per heavy atom. The number of rotatable bonds is 10. The summed E-state index contributed by atoms with van der Waals surface area (Å²) in [6.07, 6.45) is 6.02. The standard InChI is InChI=1S/C23H32N2O/c1-24-23(26)8-6-4-5-7-19-9-13-21(14-10-19)22-15-11-20(12-16-22)17-18-25(2)3/h9-16H,4-8,17-18H2,1-3H3,(H,24,26). The molecule has 26 heavy (non-hydrogen) atoms. The zero-order chi connectivity index (χ0) is 18.8. The first-order valence-electron chi connectivity index (χ1n) is 9.62. The zero-order valence-corrected chi connectivity index (χ0v) is 16.4. The smallest absolute Gasteiger partial charge is 0.219 e. The normalized spacial score (nSPS) is 10.9. The first kappa shape index (κ1) is 20.2. The quantitative estimate of drug-likeness (QED) is 0.646. The Bertz CT molecular complexity index is 660. The number of hydrogen-bond donors (Lipinski definition) is 1. The fourth-order valence-corrected chi connectivity index (χ4v) is 3.00. The Morgan fingerprint density at radius 1 is 0.808 bits per heavy atom. The summed E-state index contributed by atoms with van der Waals surface area (Å²) >= 11 is 0. The van der Waals surface area contributed by atoms with Crippen LogP contribution in [0.3, 0.4) is 0 Å². The van der Waals surface area contributed by atoms with E-state index in [2.05, 4.69) is 72.8 Å². The molecule has 0 saturated heterocycles. The van der Waals surface area contributed by atoms with E-state index in [0.29, 0.717) is 6.42 Å². The third-order valence-electron chi connectivity index (χ3n) is 4.74. The molecule has 0 aromatic heterocycles. The number of amides is 1. The molecule has 0 heterocycles. The van der Waals surface area contributed by atoms with E-state index in [-0.39, 0.29) is 5.91 Å². The number of carbonyl (C=O) groups is 1. The number of nitrogens with one attached hydrogen (secondary N) is 1. The molecule has 2 aromatic rings. The van der Waals surface area contributed by atoms with E-state index in [1.807, 2.05) is 0 Å². The molecule has 3 nitrogen and oxygen atoms in total. The fraction of sp³-hybridized carbons (Fsp3) is 0.435. The molecular formula is C23H32N2O. The lowest BCUT2D eigenvalue weighted by Gasteiger charge is -2.10. The van der Waals surface area contributed by atoms with Crippen LogP contribution in [0.5, 0.6) is 0 Å². The molecule has 0 aliphatic heterocycles. The minimum absolute atomic E-state index is 0.141. The van der Waals surface area contributed by atoms with Gasteiger partial charge >= 0.3 is 0 Å². The molecule has 3 heteroatoms. The van der Waals surface area contributed by atoms with Gasteiger partial charge < -0.3 is 10.2 Å². The van der Waals surface area contributed by atoms with Crippen LogP contribution in [-0.2, 0) is 17.6 Å². The van der Waals surface area contributed by atoms with Crippen LogP contribution in [0.1, 0.15) is 36.8 Å². The highest BCUT2D eigenvalue weighted by Crippen LogP contribution is 2.21. The van der Waals surface area contributed by atoms with Gasteiger partial charge in [-0.1, -0.05) is 55.0 Å². The average Bonchev–Trinajstić information content (AvgIpc) is 2.67. The molecule has 0 aliphatic carbocycles. The lowest BCUT2D eigenvalue weighted by Crippen LogP contribution is -2.16. The minimum atomic E-state index is 0.141. The molecule has 0 radical (unpaired) electrons. The monoisotopic (exact) mass is 352 g/mol. The fourth-order valence-electron chi connectivity index (χ4n) is 3.00. The number of likely N-dealkylation sites (N-methyl/N-ethyl adjacent to an activating group) is 1. The van der Waals surface area contributed by atoms with Crippen molar-refractivity contribution in [2.24, 2.45) is 0 Å². The maximum Gasteiger partial charge on any atom is 0.219 e. The summed E-state index contributed by atoms with van der Waals surface area (Å²) in [5.41, 5.74) is 5.30. The highest BCUT2D eigenvalue weighted by Gasteiger charge is 2.01. The molecule has 1 N–H and O–H groups in total. The Labute approximate surface area is 158 Å². The Kier molecular flexibility index (Phi) is 8.36. The van der Waals surface area contributed by atoms with Crippen LogP contribution in [0.4, 0.5) is 0 Å². The van der Waals surface area contributed by atoms with Crippen molar-refractivity contribution in [1.29, 1.82) is 0 Å². The van der Waals surface area contributed by atoms with E-state index in [4.69, 9.17) is 0 Å². The predicted molar refractivity (Wildman–Crippen MR) is 110 cm³/mol. The summed E-state index contributed by atoms with van der Waals surface area (Å²) in [4.78, 5) is 13.4. The van der Waals surface area contributed by atoms with Gasteiger partial charge in [0.1, 0.15) is 0 Å². The van der Waals surface area contributed by atoms with Crippen molar-refractivity contribution in [3.63, 3.8) is 0 Å². The van der Waals surface area contributed by atoms with Crippen molar-refractivity contribution in [3.8, 4) is 11.1 Å². The Balaban J connectivity index is 1.80. The molecule has 0 fully saturated rings. The Morgan fingerprint density at radius 2 is 1.35 bits per heavy atom. The van der Waals surface area contributed by atoms with Gasteiger partial charge in [0, 0.05) is 20.0 Å². The molecule has 1 amide bonds. The van der Waals surface area contributed by atoms with E-state index in [9.17, 15) is 4.79 Å². The van der Waals surface area contributed by atoms with E-state index in [1.165, 1.54) is 22.3 Å². The highest BCUT2D eigenvalue weighted by molar-refractivity contribution is 5.75. The third kappa shape index (κ3) is 7.01. The van der Waals surface area contributed by atoms with Crippen LogP contribution < -0.4 is 5.32 Å². The molecule has 0 saturated carbocycles. The van der Waals surface area contributed by atoms with Crippen LogP contribution in [0.15, 0.2) is 48.5 Å². The second-order valence-electron chi connectivity index (χ2n) is 7.18. The third-order valence-corrected chi connectivity index (χ3v) is 4.74. The summed E-state index contributed by atoms with van der Waals surface area (Å²) in [6.45, 7) is 1.08. The largest absolute Gasteiger partial charge is 0.359 e. The van der Waals surface area contributed by atoms with Crippen molar-refractivity contribution in [3.05, 3.63) is 59.7 Å². The highest BCUT2D eigenvalue weighted by atomic mass is 16.1. The predicted octanol–water partition coefficient (Wildman–Crippen LogP) is 4.31. The maximum absolute atomic E-state index is 11.2. The topological polar surface area (TPSA) is 32.3 Å². The van der Waals surface area contributed by atoms with Crippen LogP contribution in [0.2, 0.25) is 0 Å². The number of carbonyl (C=O) groups excluding carboxylic acids is 1. The van der Waals surface area contributed by atoms with Gasteiger partial charge in [-0.3, -0.25) is 4.79 Å². The van der Waals surface area contributed by atoms with Gasteiger partial charge in [-0.05, 0) is 62.0 Å². The molecule has 0 aliphatic rings. The van der Waals surface area contributed by atoms with Gasteiger partial charge in [0.05, 0.1) is 0 Å². The molecule has 0 spiro atoms. The van der Waals surface area contributed by atoms with Gasteiger partial charge in [0.2, 0.25) is 5.91 Å². The van der Waals surface area contributed by atoms with Crippen molar-refractivity contribution < 1.29 is 4.79 Å². The summed E-state index contributed by atoms with van der Waals surface area (Å²) in [7, 11) is 5.91. The Hall–Kier alpha value is -2.13. The summed E-state index contributed by atoms with van der Waals surface area (Å²) in [5.74, 6) is 0.141. The second kappa shape index (κ2) is 10.8. The summed E-state index contributed by atoms with van der Waals surface area (Å²) in [6, 6.07) is 17.8. The molecule has 2 aromatic carbocycles. The zero-order valence-electron chi connectivity index (χ0n) is 16.4. The first-order valence-corrected chi connectivity index (χ1v) is 9.62. The van der Waals surface area contributed by atoms with Crippen molar-refractivity contribution >= 4 is 5.91 Å². The molecule has 0 unspecified atom stereocenters. The van der Waals surface area contributed by atoms with Gasteiger partial charge in [-0.2, -0.15) is 0 Å². The molecule has 2 rings (SSSR count).